The molecule has 2 rings (SSSR count). The standard InChI is InChI=1S/C14H16IN3OS.HI/c1-19-11-4-2-10(3-5-11)18-14(16)17-9-8-12-6-7-13(15)20-12;/h2-7H,8-9H2,1H3,(H3,16,17,18);1H. The topological polar surface area (TPSA) is 59.6 Å². The molecule has 1 aromatic heterocycles. The third-order valence-electron chi connectivity index (χ3n) is 2.63. The van der Waals surface area contributed by atoms with E-state index < -0.39 is 0 Å². The Labute approximate surface area is 159 Å². The maximum absolute atomic E-state index is 5.86. The van der Waals surface area contributed by atoms with Gasteiger partial charge in [-0.2, -0.15) is 0 Å². The Morgan fingerprint density at radius 2 is 2.00 bits per heavy atom. The van der Waals surface area contributed by atoms with E-state index in [1.54, 1.807) is 18.4 Å². The first kappa shape index (κ1) is 18.5. The lowest BCUT2D eigenvalue weighted by Crippen LogP contribution is -2.23. The molecule has 0 unspecified atom stereocenters. The molecule has 0 saturated heterocycles. The molecule has 0 aliphatic heterocycles. The molecule has 0 aliphatic carbocycles. The molecule has 3 N–H and O–H groups in total. The summed E-state index contributed by atoms with van der Waals surface area (Å²) in [5, 5.41) is 3.06. The Morgan fingerprint density at radius 1 is 1.29 bits per heavy atom. The SMILES string of the molecule is COc1ccc(NC(N)=NCCc2ccc(I)s2)cc1.I. The van der Waals surface area contributed by atoms with Gasteiger partial charge in [-0.25, -0.2) is 0 Å². The van der Waals surface area contributed by atoms with Crippen LogP contribution in [0.5, 0.6) is 5.75 Å². The van der Waals surface area contributed by atoms with Gasteiger partial charge < -0.3 is 15.8 Å². The summed E-state index contributed by atoms with van der Waals surface area (Å²) >= 11 is 4.11. The van der Waals surface area contributed by atoms with Gasteiger partial charge in [-0.15, -0.1) is 35.3 Å². The molecule has 0 bridgehead atoms. The van der Waals surface area contributed by atoms with E-state index in [2.05, 4.69) is 45.0 Å². The van der Waals surface area contributed by atoms with Crippen molar-refractivity contribution in [2.45, 2.75) is 6.42 Å². The maximum atomic E-state index is 5.86. The quantitative estimate of drug-likeness (QED) is 0.351. The van der Waals surface area contributed by atoms with E-state index in [1.165, 1.54) is 7.76 Å². The fraction of sp³-hybridized carbons (Fsp3) is 0.214. The lowest BCUT2D eigenvalue weighted by atomic mass is 10.3. The van der Waals surface area contributed by atoms with Crippen LogP contribution in [0.1, 0.15) is 4.88 Å². The van der Waals surface area contributed by atoms with Crippen LogP contribution in [0.25, 0.3) is 0 Å². The third-order valence-corrected chi connectivity index (χ3v) is 4.59. The van der Waals surface area contributed by atoms with Gasteiger partial charge in [-0.05, 0) is 59.0 Å². The van der Waals surface area contributed by atoms with E-state index in [0.29, 0.717) is 12.5 Å². The second kappa shape index (κ2) is 9.46. The number of halogens is 2. The van der Waals surface area contributed by atoms with E-state index in [-0.39, 0.29) is 24.0 Å². The highest BCUT2D eigenvalue weighted by Gasteiger charge is 1.98. The van der Waals surface area contributed by atoms with Crippen LogP contribution in [0.3, 0.4) is 0 Å². The molecule has 0 fully saturated rings. The van der Waals surface area contributed by atoms with Crippen molar-refractivity contribution >= 4 is 69.6 Å². The van der Waals surface area contributed by atoms with Gasteiger partial charge in [0.1, 0.15) is 5.75 Å². The first-order valence-electron chi connectivity index (χ1n) is 6.12. The second-order valence-electron chi connectivity index (χ2n) is 4.08. The van der Waals surface area contributed by atoms with Crippen molar-refractivity contribution in [3.63, 3.8) is 0 Å². The summed E-state index contributed by atoms with van der Waals surface area (Å²) in [4.78, 5) is 5.65. The number of anilines is 1. The molecule has 114 valence electrons. The second-order valence-corrected chi connectivity index (χ2v) is 7.14. The van der Waals surface area contributed by atoms with E-state index in [9.17, 15) is 0 Å². The van der Waals surface area contributed by atoms with Gasteiger partial charge in [-0.3, -0.25) is 4.99 Å². The van der Waals surface area contributed by atoms with Gasteiger partial charge in [0.2, 0.25) is 0 Å². The lowest BCUT2D eigenvalue weighted by Gasteiger charge is -2.06. The average Bonchev–Trinajstić information content (AvgIpc) is 2.85. The van der Waals surface area contributed by atoms with Crippen molar-refractivity contribution in [2.24, 2.45) is 10.7 Å². The van der Waals surface area contributed by atoms with Crippen LogP contribution in [0.4, 0.5) is 5.69 Å². The van der Waals surface area contributed by atoms with E-state index in [0.717, 1.165) is 17.9 Å². The number of nitrogens with zero attached hydrogens (tertiary/aromatic N) is 1. The monoisotopic (exact) mass is 529 g/mol. The zero-order chi connectivity index (χ0) is 14.4. The van der Waals surface area contributed by atoms with E-state index in [1.807, 2.05) is 24.3 Å². The van der Waals surface area contributed by atoms with Crippen molar-refractivity contribution in [3.8, 4) is 5.75 Å². The van der Waals surface area contributed by atoms with Gasteiger partial charge in [0.05, 0.1) is 9.99 Å². The average molecular weight is 529 g/mol. The smallest absolute Gasteiger partial charge is 0.193 e. The van der Waals surface area contributed by atoms with Crippen molar-refractivity contribution in [1.82, 2.24) is 0 Å². The zero-order valence-corrected chi connectivity index (χ0v) is 16.8. The zero-order valence-electron chi connectivity index (χ0n) is 11.5. The predicted octanol–water partition coefficient (Wildman–Crippen LogP) is 3.95. The molecular formula is C14H17I2N3OS. The number of hydrogen-bond donors (Lipinski definition) is 2. The van der Waals surface area contributed by atoms with Gasteiger partial charge in [0.15, 0.2) is 5.96 Å². The van der Waals surface area contributed by atoms with Crippen molar-refractivity contribution in [1.29, 1.82) is 0 Å². The molecule has 0 spiro atoms. The van der Waals surface area contributed by atoms with Gasteiger partial charge in [-0.1, -0.05) is 0 Å². The maximum Gasteiger partial charge on any atom is 0.193 e. The fourth-order valence-electron chi connectivity index (χ4n) is 1.63. The molecule has 4 nitrogen and oxygen atoms in total. The Kier molecular flexibility index (Phi) is 8.34. The van der Waals surface area contributed by atoms with Crippen LogP contribution >= 0.6 is 57.9 Å². The molecule has 21 heavy (non-hydrogen) atoms. The minimum atomic E-state index is 0. The number of hydrogen-bond acceptors (Lipinski definition) is 3. The van der Waals surface area contributed by atoms with Crippen molar-refractivity contribution < 1.29 is 4.74 Å². The molecule has 0 saturated carbocycles. The third kappa shape index (κ3) is 6.39. The number of methoxy groups -OCH3 is 1. The van der Waals surface area contributed by atoms with Crippen LogP contribution < -0.4 is 15.8 Å². The van der Waals surface area contributed by atoms with Crippen molar-refractivity contribution in [2.75, 3.05) is 19.0 Å². The molecule has 7 heteroatoms. The number of aliphatic imine (C=N–C) groups is 1. The Balaban J connectivity index is 0.00000220. The number of ether oxygens (including phenoxy) is 1. The first-order chi connectivity index (χ1) is 9.67. The molecule has 1 aromatic carbocycles. The summed E-state index contributed by atoms with van der Waals surface area (Å²) in [5.74, 6) is 1.25. The summed E-state index contributed by atoms with van der Waals surface area (Å²) in [6.45, 7) is 0.686. The van der Waals surface area contributed by atoms with E-state index in [4.69, 9.17) is 10.5 Å². The fourth-order valence-corrected chi connectivity index (χ4v) is 3.38. The molecule has 0 atom stereocenters. The van der Waals surface area contributed by atoms with Gasteiger partial charge >= 0.3 is 0 Å². The summed E-state index contributed by atoms with van der Waals surface area (Å²) in [5.41, 5.74) is 6.76. The van der Waals surface area contributed by atoms with Crippen LogP contribution in [0, 0.1) is 2.88 Å². The number of benzene rings is 1. The van der Waals surface area contributed by atoms with Crippen molar-refractivity contribution in [3.05, 3.63) is 44.2 Å². The Hall–Kier alpha value is -0.550. The highest BCUT2D eigenvalue weighted by Crippen LogP contribution is 2.18. The molecule has 0 aliphatic rings. The summed E-state index contributed by atoms with van der Waals surface area (Å²) in [7, 11) is 1.64. The number of guanidine groups is 1. The van der Waals surface area contributed by atoms with E-state index >= 15 is 0 Å². The Morgan fingerprint density at radius 3 is 2.57 bits per heavy atom. The number of rotatable bonds is 5. The minimum absolute atomic E-state index is 0. The predicted molar refractivity (Wildman–Crippen MR) is 109 cm³/mol. The van der Waals surface area contributed by atoms with Gasteiger partial charge in [0.25, 0.3) is 0 Å². The first-order valence-corrected chi connectivity index (χ1v) is 8.02. The number of thiophene rings is 1. The normalized spacial score (nSPS) is 10.9. The molecule has 1 heterocycles. The highest BCUT2D eigenvalue weighted by molar-refractivity contribution is 14.1. The van der Waals surface area contributed by atoms with Crippen LogP contribution in [0.15, 0.2) is 41.4 Å². The highest BCUT2D eigenvalue weighted by atomic mass is 127. The molecule has 0 radical (unpaired) electrons. The lowest BCUT2D eigenvalue weighted by molar-refractivity contribution is 0.415. The van der Waals surface area contributed by atoms with Crippen LogP contribution in [0.2, 0.25) is 0 Å². The molecular weight excluding hydrogens is 512 g/mol. The van der Waals surface area contributed by atoms with Crippen LogP contribution in [-0.2, 0) is 6.42 Å². The van der Waals surface area contributed by atoms with Crippen LogP contribution in [-0.4, -0.2) is 19.6 Å². The molecule has 2 aromatic rings. The largest absolute Gasteiger partial charge is 0.497 e. The Bertz CT molecular complexity index is 584. The van der Waals surface area contributed by atoms with Gasteiger partial charge in [0, 0.05) is 23.5 Å². The molecule has 0 amide bonds. The minimum Gasteiger partial charge on any atom is -0.497 e. The number of nitrogens with two attached hydrogens (primary N) is 1. The number of nitrogens with one attached hydrogen (secondary N) is 1. The summed E-state index contributed by atoms with van der Waals surface area (Å²) in [6, 6.07) is 11.8. The summed E-state index contributed by atoms with van der Waals surface area (Å²) < 4.78 is 6.40. The summed E-state index contributed by atoms with van der Waals surface area (Å²) in [6.07, 6.45) is 0.915.